The summed E-state index contributed by atoms with van der Waals surface area (Å²) in [6, 6.07) is 7.13. The topological polar surface area (TPSA) is 52.6 Å². The van der Waals surface area contributed by atoms with E-state index in [9.17, 15) is 9.90 Å². The van der Waals surface area contributed by atoms with Crippen LogP contribution in [-0.4, -0.2) is 48.2 Å². The Morgan fingerprint density at radius 2 is 2.33 bits per heavy atom. The SMILES string of the molecule is CN(C(=O)Cc1cccc(Cl)c1)[C@@H]1CNC[C@H]1O. The summed E-state index contributed by atoms with van der Waals surface area (Å²) in [5.41, 5.74) is 0.889. The lowest BCUT2D eigenvalue weighted by Gasteiger charge is -2.26. The number of nitrogens with one attached hydrogen (secondary N) is 1. The lowest BCUT2D eigenvalue weighted by atomic mass is 10.1. The van der Waals surface area contributed by atoms with Gasteiger partial charge < -0.3 is 15.3 Å². The number of aliphatic hydroxyl groups is 1. The molecule has 1 aromatic carbocycles. The predicted octanol–water partition coefficient (Wildman–Crippen LogP) is 0.674. The molecule has 2 N–H and O–H groups in total. The fourth-order valence-corrected chi connectivity index (χ4v) is 2.39. The number of amides is 1. The minimum absolute atomic E-state index is 0.00924. The molecule has 1 aliphatic heterocycles. The second-order valence-electron chi connectivity index (χ2n) is 4.60. The average Bonchev–Trinajstić information content (AvgIpc) is 2.74. The third kappa shape index (κ3) is 3.02. The van der Waals surface area contributed by atoms with Gasteiger partial charge in [-0.3, -0.25) is 4.79 Å². The largest absolute Gasteiger partial charge is 0.390 e. The highest BCUT2D eigenvalue weighted by Crippen LogP contribution is 2.14. The van der Waals surface area contributed by atoms with E-state index < -0.39 is 6.10 Å². The third-order valence-corrected chi connectivity index (χ3v) is 3.52. The van der Waals surface area contributed by atoms with Crippen molar-refractivity contribution in [2.24, 2.45) is 0 Å². The Bertz CT molecular complexity index is 439. The molecule has 0 spiro atoms. The number of carbonyl (C=O) groups excluding carboxylic acids is 1. The van der Waals surface area contributed by atoms with Crippen LogP contribution in [0.3, 0.4) is 0 Å². The van der Waals surface area contributed by atoms with E-state index in [0.29, 0.717) is 24.5 Å². The van der Waals surface area contributed by atoms with E-state index in [4.69, 9.17) is 11.6 Å². The molecular formula is C13H17ClN2O2. The molecule has 0 bridgehead atoms. The van der Waals surface area contributed by atoms with Crippen LogP contribution in [0.2, 0.25) is 5.02 Å². The monoisotopic (exact) mass is 268 g/mol. The van der Waals surface area contributed by atoms with Gasteiger partial charge in [-0.05, 0) is 17.7 Å². The van der Waals surface area contributed by atoms with Crippen LogP contribution in [0.5, 0.6) is 0 Å². The standard InChI is InChI=1S/C13H17ClN2O2/c1-16(11-7-15-8-12(11)17)13(18)6-9-3-2-4-10(14)5-9/h2-5,11-12,15,17H,6-8H2,1H3/t11-,12-/m1/s1. The minimum atomic E-state index is -0.488. The molecular weight excluding hydrogens is 252 g/mol. The van der Waals surface area contributed by atoms with Crippen molar-refractivity contribution in [1.29, 1.82) is 0 Å². The number of hydrogen-bond donors (Lipinski definition) is 2. The van der Waals surface area contributed by atoms with Crippen molar-refractivity contribution in [2.75, 3.05) is 20.1 Å². The highest BCUT2D eigenvalue weighted by atomic mass is 35.5. The molecule has 0 aromatic heterocycles. The Morgan fingerprint density at radius 1 is 1.56 bits per heavy atom. The summed E-state index contributed by atoms with van der Waals surface area (Å²) in [6.45, 7) is 1.18. The second-order valence-corrected chi connectivity index (χ2v) is 5.04. The van der Waals surface area contributed by atoms with E-state index in [1.807, 2.05) is 12.1 Å². The van der Waals surface area contributed by atoms with Crippen LogP contribution < -0.4 is 5.32 Å². The van der Waals surface area contributed by atoms with Crippen molar-refractivity contribution in [2.45, 2.75) is 18.6 Å². The van der Waals surface area contributed by atoms with Gasteiger partial charge >= 0.3 is 0 Å². The molecule has 2 rings (SSSR count). The number of likely N-dealkylation sites (N-methyl/N-ethyl adjacent to an activating group) is 1. The molecule has 0 aliphatic carbocycles. The first kappa shape index (κ1) is 13.3. The van der Waals surface area contributed by atoms with Crippen LogP contribution in [0, 0.1) is 0 Å². The van der Waals surface area contributed by atoms with Crippen molar-refractivity contribution in [3.8, 4) is 0 Å². The molecule has 0 saturated carbocycles. The van der Waals surface area contributed by atoms with Gasteiger partial charge in [0.1, 0.15) is 0 Å². The van der Waals surface area contributed by atoms with Crippen molar-refractivity contribution in [3.63, 3.8) is 0 Å². The van der Waals surface area contributed by atoms with Crippen LogP contribution in [-0.2, 0) is 11.2 Å². The van der Waals surface area contributed by atoms with Crippen LogP contribution in [0.15, 0.2) is 24.3 Å². The van der Waals surface area contributed by atoms with E-state index in [1.54, 1.807) is 24.1 Å². The summed E-state index contributed by atoms with van der Waals surface area (Å²) in [5, 5.41) is 13.4. The molecule has 1 saturated heterocycles. The van der Waals surface area contributed by atoms with Gasteiger partial charge in [-0.15, -0.1) is 0 Å². The molecule has 1 aliphatic rings. The number of carbonyl (C=O) groups is 1. The quantitative estimate of drug-likeness (QED) is 0.847. The van der Waals surface area contributed by atoms with Gasteiger partial charge in [0.05, 0.1) is 18.6 Å². The minimum Gasteiger partial charge on any atom is -0.390 e. The van der Waals surface area contributed by atoms with Crippen LogP contribution in [0.1, 0.15) is 5.56 Å². The van der Waals surface area contributed by atoms with Crippen molar-refractivity contribution in [1.82, 2.24) is 10.2 Å². The third-order valence-electron chi connectivity index (χ3n) is 3.29. The number of benzene rings is 1. The molecule has 2 atom stereocenters. The zero-order valence-electron chi connectivity index (χ0n) is 10.3. The number of hydrogen-bond acceptors (Lipinski definition) is 3. The second kappa shape index (κ2) is 5.69. The molecule has 1 amide bonds. The van der Waals surface area contributed by atoms with Gasteiger partial charge in [0, 0.05) is 25.2 Å². The summed E-state index contributed by atoms with van der Waals surface area (Å²) >= 11 is 5.88. The van der Waals surface area contributed by atoms with Gasteiger partial charge in [0.15, 0.2) is 0 Å². The number of nitrogens with zero attached hydrogens (tertiary/aromatic N) is 1. The number of aliphatic hydroxyl groups excluding tert-OH is 1. The summed E-state index contributed by atoms with van der Waals surface area (Å²) < 4.78 is 0. The summed E-state index contributed by atoms with van der Waals surface area (Å²) in [7, 11) is 1.73. The molecule has 98 valence electrons. The number of halogens is 1. The smallest absolute Gasteiger partial charge is 0.227 e. The fourth-order valence-electron chi connectivity index (χ4n) is 2.18. The molecule has 0 radical (unpaired) electrons. The maximum absolute atomic E-state index is 12.1. The predicted molar refractivity (Wildman–Crippen MR) is 70.6 cm³/mol. The van der Waals surface area contributed by atoms with Crippen molar-refractivity contribution >= 4 is 17.5 Å². The average molecular weight is 269 g/mol. The Balaban J connectivity index is 1.99. The van der Waals surface area contributed by atoms with E-state index in [2.05, 4.69) is 5.32 Å². The van der Waals surface area contributed by atoms with Crippen molar-refractivity contribution < 1.29 is 9.90 Å². The fraction of sp³-hybridized carbons (Fsp3) is 0.462. The zero-order chi connectivity index (χ0) is 13.1. The summed E-state index contributed by atoms with van der Waals surface area (Å²) in [5.74, 6) is -0.00924. The van der Waals surface area contributed by atoms with Crippen LogP contribution in [0.25, 0.3) is 0 Å². The molecule has 0 unspecified atom stereocenters. The molecule has 18 heavy (non-hydrogen) atoms. The molecule has 1 aromatic rings. The Kier molecular flexibility index (Phi) is 4.22. The van der Waals surface area contributed by atoms with Gasteiger partial charge in [-0.1, -0.05) is 23.7 Å². The molecule has 1 fully saturated rings. The highest BCUT2D eigenvalue weighted by Gasteiger charge is 2.30. The molecule has 4 nitrogen and oxygen atoms in total. The summed E-state index contributed by atoms with van der Waals surface area (Å²) in [4.78, 5) is 13.7. The van der Waals surface area contributed by atoms with Gasteiger partial charge in [-0.25, -0.2) is 0 Å². The van der Waals surface area contributed by atoms with Crippen LogP contribution >= 0.6 is 11.6 Å². The molecule has 1 heterocycles. The van der Waals surface area contributed by atoms with Gasteiger partial charge in [0.25, 0.3) is 0 Å². The van der Waals surface area contributed by atoms with E-state index in [-0.39, 0.29) is 11.9 Å². The summed E-state index contributed by atoms with van der Waals surface area (Å²) in [6.07, 6.45) is -0.182. The van der Waals surface area contributed by atoms with Crippen molar-refractivity contribution in [3.05, 3.63) is 34.9 Å². The highest BCUT2D eigenvalue weighted by molar-refractivity contribution is 6.30. The first-order valence-corrected chi connectivity index (χ1v) is 6.34. The van der Waals surface area contributed by atoms with E-state index >= 15 is 0 Å². The Hall–Kier alpha value is -1.10. The lowest BCUT2D eigenvalue weighted by Crippen LogP contribution is -2.44. The van der Waals surface area contributed by atoms with Crippen LogP contribution in [0.4, 0.5) is 0 Å². The maximum Gasteiger partial charge on any atom is 0.227 e. The Morgan fingerprint density at radius 3 is 2.94 bits per heavy atom. The zero-order valence-corrected chi connectivity index (χ0v) is 11.0. The van der Waals surface area contributed by atoms with Gasteiger partial charge in [0.2, 0.25) is 5.91 Å². The number of β-amino-alcohol motifs (C(OH)–C–C–N with tert-alkyl or cyclic N) is 1. The normalized spacial score (nSPS) is 23.1. The van der Waals surface area contributed by atoms with Gasteiger partial charge in [-0.2, -0.15) is 0 Å². The van der Waals surface area contributed by atoms with E-state index in [0.717, 1.165) is 5.56 Å². The Labute approximate surface area is 112 Å². The lowest BCUT2D eigenvalue weighted by molar-refractivity contribution is -0.132. The maximum atomic E-state index is 12.1. The first-order valence-electron chi connectivity index (χ1n) is 5.97. The first-order chi connectivity index (χ1) is 8.58. The number of rotatable bonds is 3. The molecule has 5 heteroatoms. The van der Waals surface area contributed by atoms with E-state index in [1.165, 1.54) is 0 Å².